The Hall–Kier alpha value is -2.34. The first-order valence-corrected chi connectivity index (χ1v) is 9.13. The maximum Gasteiger partial charge on any atom is 0.427 e. The molecule has 2 aromatic rings. The molecule has 0 bridgehead atoms. The van der Waals surface area contributed by atoms with Gasteiger partial charge < -0.3 is 9.47 Å². The summed E-state index contributed by atoms with van der Waals surface area (Å²) in [5.41, 5.74) is 1.52. The van der Waals surface area contributed by atoms with Gasteiger partial charge in [-0.1, -0.05) is 30.3 Å². The highest BCUT2D eigenvalue weighted by Crippen LogP contribution is 2.41. The quantitative estimate of drug-likeness (QED) is 0.835. The molecule has 6 heteroatoms. The molecule has 1 atom stereocenters. The van der Waals surface area contributed by atoms with E-state index >= 15 is 0 Å². The first-order chi connectivity index (χ1) is 11.8. The van der Waals surface area contributed by atoms with E-state index in [1.807, 2.05) is 45.0 Å². The summed E-state index contributed by atoms with van der Waals surface area (Å²) < 4.78 is 25.1. The van der Waals surface area contributed by atoms with Gasteiger partial charge in [0.25, 0.3) is 0 Å². The molecule has 132 valence electrons. The number of carbonyl (C=O) groups excluding carboxylic acids is 1. The van der Waals surface area contributed by atoms with Crippen LogP contribution in [0.1, 0.15) is 25.0 Å². The molecule has 0 radical (unpaired) electrons. The van der Waals surface area contributed by atoms with Gasteiger partial charge in [0.1, 0.15) is 5.60 Å². The molecule has 0 aromatic heterocycles. The molecule has 1 aliphatic rings. The monoisotopic (exact) mass is 359 g/mol. The number of amides is 1. The van der Waals surface area contributed by atoms with Crippen molar-refractivity contribution in [1.82, 2.24) is 4.31 Å². The van der Waals surface area contributed by atoms with Crippen LogP contribution in [0.2, 0.25) is 0 Å². The molecule has 5 nitrogen and oxygen atoms in total. The molecule has 2 aromatic carbocycles. The minimum Gasteiger partial charge on any atom is -0.483 e. The van der Waals surface area contributed by atoms with E-state index in [1.54, 1.807) is 18.2 Å². The van der Waals surface area contributed by atoms with E-state index in [4.69, 9.17) is 9.47 Å². The predicted molar refractivity (Wildman–Crippen MR) is 96.2 cm³/mol. The highest BCUT2D eigenvalue weighted by Gasteiger charge is 2.33. The van der Waals surface area contributed by atoms with Crippen molar-refractivity contribution in [1.29, 1.82) is 0 Å². The molecule has 1 heterocycles. The number of ether oxygens (including phenoxy) is 2. The van der Waals surface area contributed by atoms with Gasteiger partial charge >= 0.3 is 6.09 Å². The number of nitrogens with zero attached hydrogens (tertiary/aromatic N) is 1. The Morgan fingerprint density at radius 1 is 1.20 bits per heavy atom. The smallest absolute Gasteiger partial charge is 0.427 e. The standard InChI is InChI=1S/C19H21NO4S/c1-13-8-5-6-11-16(13)25(22)20(4)18(21)23-15-10-7-9-14-12-19(2,3)24-17(14)15/h5-11H,12H2,1-4H3. The summed E-state index contributed by atoms with van der Waals surface area (Å²) in [5.74, 6) is 0.928. The average Bonchev–Trinajstić information content (AvgIpc) is 2.89. The van der Waals surface area contributed by atoms with Gasteiger partial charge in [0.2, 0.25) is 0 Å². The van der Waals surface area contributed by atoms with Crippen LogP contribution in [0.4, 0.5) is 4.79 Å². The maximum atomic E-state index is 12.6. The minimum atomic E-state index is -1.64. The second kappa shape index (κ2) is 6.52. The van der Waals surface area contributed by atoms with Crippen molar-refractivity contribution in [3.63, 3.8) is 0 Å². The van der Waals surface area contributed by atoms with Gasteiger partial charge in [-0.25, -0.2) is 13.3 Å². The Morgan fingerprint density at radius 3 is 2.64 bits per heavy atom. The fraction of sp³-hybridized carbons (Fsp3) is 0.316. The fourth-order valence-electron chi connectivity index (χ4n) is 2.79. The van der Waals surface area contributed by atoms with Crippen LogP contribution in [-0.4, -0.2) is 27.3 Å². The number of fused-ring (bicyclic) bond motifs is 1. The van der Waals surface area contributed by atoms with Gasteiger partial charge in [0.15, 0.2) is 22.5 Å². The van der Waals surface area contributed by atoms with Gasteiger partial charge in [-0.05, 0) is 38.5 Å². The molecule has 0 aliphatic carbocycles. The van der Waals surface area contributed by atoms with Gasteiger partial charge in [-0.2, -0.15) is 0 Å². The lowest BCUT2D eigenvalue weighted by Gasteiger charge is -2.19. The molecule has 1 aliphatic heterocycles. The van der Waals surface area contributed by atoms with Crippen LogP contribution in [0.3, 0.4) is 0 Å². The van der Waals surface area contributed by atoms with E-state index in [0.29, 0.717) is 16.4 Å². The van der Waals surface area contributed by atoms with Crippen LogP contribution in [0.15, 0.2) is 47.4 Å². The number of hydrogen-bond acceptors (Lipinski definition) is 4. The molecule has 25 heavy (non-hydrogen) atoms. The Morgan fingerprint density at radius 2 is 1.92 bits per heavy atom. The van der Waals surface area contributed by atoms with E-state index in [0.717, 1.165) is 21.9 Å². The molecule has 0 fully saturated rings. The predicted octanol–water partition coefficient (Wildman–Crippen LogP) is 3.86. The summed E-state index contributed by atoms with van der Waals surface area (Å²) in [6, 6.07) is 12.7. The first-order valence-electron chi connectivity index (χ1n) is 8.02. The van der Waals surface area contributed by atoms with E-state index in [9.17, 15) is 9.00 Å². The Labute approximate surface area is 150 Å². The van der Waals surface area contributed by atoms with Crippen molar-refractivity contribution >= 4 is 17.1 Å². The van der Waals surface area contributed by atoms with Crippen molar-refractivity contribution in [2.45, 2.75) is 37.7 Å². The first kappa shape index (κ1) is 17.5. The lowest BCUT2D eigenvalue weighted by Crippen LogP contribution is -2.32. The van der Waals surface area contributed by atoms with E-state index in [2.05, 4.69) is 0 Å². The lowest BCUT2D eigenvalue weighted by atomic mass is 10.0. The van der Waals surface area contributed by atoms with Gasteiger partial charge in [-0.15, -0.1) is 0 Å². The zero-order valence-electron chi connectivity index (χ0n) is 14.7. The third-order valence-electron chi connectivity index (χ3n) is 4.04. The van der Waals surface area contributed by atoms with E-state index < -0.39 is 17.1 Å². The normalized spacial score (nSPS) is 15.8. The van der Waals surface area contributed by atoms with Crippen LogP contribution in [0.25, 0.3) is 0 Å². The average molecular weight is 359 g/mol. The SMILES string of the molecule is Cc1ccccc1S(=O)N(C)C(=O)Oc1cccc2c1OC(C)(C)C2. The highest BCUT2D eigenvalue weighted by atomic mass is 32.2. The van der Waals surface area contributed by atoms with Crippen molar-refractivity contribution in [2.24, 2.45) is 0 Å². The van der Waals surface area contributed by atoms with Gasteiger partial charge in [0.05, 0.1) is 4.90 Å². The number of rotatable bonds is 3. The van der Waals surface area contributed by atoms with Crippen molar-refractivity contribution in [3.05, 3.63) is 53.6 Å². The number of para-hydroxylation sites is 1. The molecule has 0 saturated heterocycles. The summed E-state index contributed by atoms with van der Waals surface area (Å²) >= 11 is 0. The number of aryl methyl sites for hydroxylation is 1. The summed E-state index contributed by atoms with van der Waals surface area (Å²) in [7, 11) is -0.182. The second-order valence-corrected chi connectivity index (χ2v) is 8.15. The molecular weight excluding hydrogens is 338 g/mol. The third kappa shape index (κ3) is 3.54. The molecule has 0 N–H and O–H groups in total. The van der Waals surface area contributed by atoms with Crippen LogP contribution in [0, 0.1) is 6.92 Å². The Kier molecular flexibility index (Phi) is 4.56. The van der Waals surface area contributed by atoms with Crippen LogP contribution < -0.4 is 9.47 Å². The van der Waals surface area contributed by atoms with E-state index in [1.165, 1.54) is 7.05 Å². The lowest BCUT2D eigenvalue weighted by molar-refractivity contribution is 0.131. The molecule has 0 spiro atoms. The third-order valence-corrected chi connectivity index (χ3v) is 5.52. The van der Waals surface area contributed by atoms with Gasteiger partial charge in [0, 0.05) is 19.0 Å². The zero-order valence-corrected chi connectivity index (χ0v) is 15.6. The summed E-state index contributed by atoms with van der Waals surface area (Å²) in [6.45, 7) is 5.82. The Balaban J connectivity index is 1.79. The summed E-state index contributed by atoms with van der Waals surface area (Å²) in [4.78, 5) is 13.0. The van der Waals surface area contributed by atoms with Crippen molar-refractivity contribution in [2.75, 3.05) is 7.05 Å². The Bertz CT molecular complexity index is 847. The molecule has 1 unspecified atom stereocenters. The second-order valence-electron chi connectivity index (χ2n) is 6.66. The zero-order chi connectivity index (χ0) is 18.2. The maximum absolute atomic E-state index is 12.6. The molecular formula is C19H21NO4S. The number of hydrogen-bond donors (Lipinski definition) is 0. The summed E-state index contributed by atoms with van der Waals surface area (Å²) in [5, 5.41) is 0. The van der Waals surface area contributed by atoms with Crippen LogP contribution in [0.5, 0.6) is 11.5 Å². The van der Waals surface area contributed by atoms with Gasteiger partial charge in [-0.3, -0.25) is 0 Å². The topological polar surface area (TPSA) is 55.8 Å². The summed E-state index contributed by atoms with van der Waals surface area (Å²) in [6.07, 6.45) is 0.0573. The number of benzene rings is 2. The minimum absolute atomic E-state index is 0.333. The molecule has 3 rings (SSSR count). The van der Waals surface area contributed by atoms with Crippen LogP contribution >= 0.6 is 0 Å². The fourth-order valence-corrected chi connectivity index (χ4v) is 3.80. The van der Waals surface area contributed by atoms with Crippen molar-refractivity contribution in [3.8, 4) is 11.5 Å². The van der Waals surface area contributed by atoms with Crippen LogP contribution in [-0.2, 0) is 17.4 Å². The molecule has 0 saturated carbocycles. The highest BCUT2D eigenvalue weighted by molar-refractivity contribution is 7.83. The molecule has 1 amide bonds. The van der Waals surface area contributed by atoms with E-state index in [-0.39, 0.29) is 5.60 Å². The number of carbonyl (C=O) groups is 1. The largest absolute Gasteiger partial charge is 0.483 e. The van der Waals surface area contributed by atoms with Crippen molar-refractivity contribution < 1.29 is 18.5 Å².